The van der Waals surface area contributed by atoms with Crippen LogP contribution in [0.3, 0.4) is 0 Å². The van der Waals surface area contributed by atoms with Gasteiger partial charge in [0, 0.05) is 35.9 Å². The summed E-state index contributed by atoms with van der Waals surface area (Å²) in [5.74, 6) is 0.0223. The van der Waals surface area contributed by atoms with Gasteiger partial charge in [-0.15, -0.1) is 0 Å². The smallest absolute Gasteiger partial charge is 0.335 e. The number of aromatic nitrogens is 5. The van der Waals surface area contributed by atoms with Gasteiger partial charge >= 0.3 is 5.97 Å². The minimum absolute atomic E-state index is 0.183. The number of nitrogens with zero attached hydrogens (tertiary/aromatic N) is 4. The Bertz CT molecular complexity index is 2040. The van der Waals surface area contributed by atoms with Gasteiger partial charge in [-0.3, -0.25) is 4.79 Å². The topological polar surface area (TPSA) is 132 Å². The summed E-state index contributed by atoms with van der Waals surface area (Å²) in [7, 11) is 0. The number of carbonyl (C=O) groups is 1. The van der Waals surface area contributed by atoms with E-state index in [2.05, 4.69) is 25.2 Å². The number of imidazole rings is 2. The molecule has 0 amide bonds. The highest BCUT2D eigenvalue weighted by Crippen LogP contribution is 2.39. The van der Waals surface area contributed by atoms with Crippen LogP contribution < -0.4 is 10.9 Å². The number of anilines is 1. The summed E-state index contributed by atoms with van der Waals surface area (Å²) in [6.07, 6.45) is 7.46. The van der Waals surface area contributed by atoms with Gasteiger partial charge in [0.15, 0.2) is 0 Å². The first-order valence-corrected chi connectivity index (χ1v) is 14.5. The van der Waals surface area contributed by atoms with Gasteiger partial charge in [-0.1, -0.05) is 24.3 Å². The maximum Gasteiger partial charge on any atom is 0.335 e. The zero-order valence-electron chi connectivity index (χ0n) is 23.2. The first kappa shape index (κ1) is 25.5. The summed E-state index contributed by atoms with van der Waals surface area (Å²) in [4.78, 5) is 43.9. The fourth-order valence-corrected chi connectivity index (χ4v) is 6.76. The molecule has 6 aromatic rings. The molecule has 10 nitrogen and oxygen atoms in total. The molecule has 0 unspecified atom stereocenters. The van der Waals surface area contributed by atoms with Crippen LogP contribution in [0.2, 0.25) is 0 Å². The molecule has 3 saturated heterocycles. The van der Waals surface area contributed by atoms with Gasteiger partial charge in [0.2, 0.25) is 0 Å². The van der Waals surface area contributed by atoms with E-state index >= 15 is 0 Å². The van der Waals surface area contributed by atoms with Crippen molar-refractivity contribution in [3.8, 4) is 28.2 Å². The maximum atomic E-state index is 14.0. The van der Waals surface area contributed by atoms with Crippen LogP contribution >= 0.6 is 0 Å². The largest absolute Gasteiger partial charge is 0.478 e. The Morgan fingerprint density at radius 1 is 1.00 bits per heavy atom. The molecular weight excluding hydrogens is 542 g/mol. The van der Waals surface area contributed by atoms with E-state index in [0.29, 0.717) is 22.8 Å². The van der Waals surface area contributed by atoms with Crippen LogP contribution in [0.4, 0.5) is 5.69 Å². The van der Waals surface area contributed by atoms with Gasteiger partial charge in [-0.05, 0) is 73.8 Å². The molecule has 43 heavy (non-hydrogen) atoms. The molecule has 6 heterocycles. The molecule has 0 spiro atoms. The predicted molar refractivity (Wildman–Crippen MR) is 166 cm³/mol. The van der Waals surface area contributed by atoms with Crippen LogP contribution in [0.5, 0.6) is 0 Å². The number of benzene rings is 3. The SMILES string of the molecule is O=C(O)c1cccc(-c2cc3c(N[C@@H]4CN5CCC4CC5)c(-c4nc5ccccc5[nH]4)c(=O)[nH]c3cc2-n2ccnc2)c1. The van der Waals surface area contributed by atoms with E-state index in [4.69, 9.17) is 4.98 Å². The first-order valence-electron chi connectivity index (χ1n) is 14.5. The van der Waals surface area contributed by atoms with Crippen molar-refractivity contribution in [2.75, 3.05) is 25.0 Å². The number of aromatic carboxylic acids is 1. The summed E-state index contributed by atoms with van der Waals surface area (Å²) >= 11 is 0. The number of hydrogen-bond donors (Lipinski definition) is 4. The molecule has 3 aromatic carbocycles. The van der Waals surface area contributed by atoms with Crippen molar-refractivity contribution in [3.63, 3.8) is 0 Å². The van der Waals surface area contributed by atoms with Crippen molar-refractivity contribution in [1.82, 2.24) is 29.4 Å². The van der Waals surface area contributed by atoms with E-state index in [-0.39, 0.29) is 17.2 Å². The lowest BCUT2D eigenvalue weighted by Crippen LogP contribution is -2.53. The molecule has 3 fully saturated rings. The quantitative estimate of drug-likeness (QED) is 0.218. The minimum Gasteiger partial charge on any atom is -0.478 e. The third-order valence-corrected chi connectivity index (χ3v) is 8.95. The number of para-hydroxylation sites is 2. The molecule has 3 aromatic heterocycles. The third-order valence-electron chi connectivity index (χ3n) is 8.95. The zero-order chi connectivity index (χ0) is 29.1. The van der Waals surface area contributed by atoms with Crippen molar-refractivity contribution in [2.24, 2.45) is 5.92 Å². The van der Waals surface area contributed by atoms with E-state index in [9.17, 15) is 14.7 Å². The molecule has 0 radical (unpaired) electrons. The first-order chi connectivity index (χ1) is 21.0. The lowest BCUT2D eigenvalue weighted by atomic mass is 9.83. The number of carboxylic acid groups (broad SMARTS) is 1. The average Bonchev–Trinajstić information content (AvgIpc) is 3.72. The van der Waals surface area contributed by atoms with Crippen molar-refractivity contribution in [2.45, 2.75) is 18.9 Å². The second-order valence-corrected chi connectivity index (χ2v) is 11.5. The number of carboxylic acids is 1. The number of piperidine rings is 3. The van der Waals surface area contributed by atoms with E-state index in [1.165, 1.54) is 0 Å². The monoisotopic (exact) mass is 571 g/mol. The number of aromatic amines is 2. The zero-order valence-corrected chi connectivity index (χ0v) is 23.2. The molecule has 0 aliphatic carbocycles. The summed E-state index contributed by atoms with van der Waals surface area (Å²) in [6, 6.07) is 18.8. The fourth-order valence-electron chi connectivity index (χ4n) is 6.76. The Morgan fingerprint density at radius 2 is 1.86 bits per heavy atom. The molecule has 4 N–H and O–H groups in total. The van der Waals surface area contributed by atoms with Crippen molar-refractivity contribution >= 4 is 33.6 Å². The molecule has 9 rings (SSSR count). The second kappa shape index (κ2) is 9.95. The highest BCUT2D eigenvalue weighted by atomic mass is 16.4. The average molecular weight is 572 g/mol. The van der Waals surface area contributed by atoms with E-state index in [1.54, 1.807) is 30.7 Å². The lowest BCUT2D eigenvalue weighted by molar-refractivity contribution is 0.0697. The van der Waals surface area contributed by atoms with Crippen LogP contribution in [0.1, 0.15) is 23.2 Å². The number of fused-ring (bicyclic) bond motifs is 5. The highest BCUT2D eigenvalue weighted by Gasteiger charge is 2.35. The Morgan fingerprint density at radius 3 is 2.60 bits per heavy atom. The number of rotatable bonds is 6. The molecule has 214 valence electrons. The van der Waals surface area contributed by atoms with E-state index < -0.39 is 5.97 Å². The third kappa shape index (κ3) is 4.38. The summed E-state index contributed by atoms with van der Waals surface area (Å²) < 4.78 is 1.87. The van der Waals surface area contributed by atoms with Crippen LogP contribution in [0.15, 0.2) is 84.2 Å². The summed E-state index contributed by atoms with van der Waals surface area (Å²) in [5, 5.41) is 14.4. The number of pyridine rings is 1. The predicted octanol–water partition coefficient (Wildman–Crippen LogP) is 5.13. The second-order valence-electron chi connectivity index (χ2n) is 11.5. The van der Waals surface area contributed by atoms with Gasteiger partial charge in [-0.25, -0.2) is 14.8 Å². The Labute approximate surface area is 246 Å². The van der Waals surface area contributed by atoms with Gasteiger partial charge in [0.25, 0.3) is 5.56 Å². The molecule has 1 atom stereocenters. The number of nitrogens with one attached hydrogen (secondary N) is 3. The Kier molecular flexibility index (Phi) is 5.90. The van der Waals surface area contributed by atoms with Gasteiger partial charge in [-0.2, -0.15) is 0 Å². The summed E-state index contributed by atoms with van der Waals surface area (Å²) in [5.41, 5.74) is 5.77. The number of H-pyrrole nitrogens is 2. The van der Waals surface area contributed by atoms with Crippen molar-refractivity contribution in [1.29, 1.82) is 0 Å². The van der Waals surface area contributed by atoms with E-state index in [0.717, 1.165) is 71.4 Å². The Balaban J connectivity index is 1.40. The molecular formula is C33H29N7O3. The molecule has 10 heteroatoms. The fraction of sp³-hybridized carbons (Fsp3) is 0.212. The van der Waals surface area contributed by atoms with Crippen LogP contribution in [-0.4, -0.2) is 66.2 Å². The normalized spacial score (nSPS) is 19.7. The Hall–Kier alpha value is -5.22. The molecule has 3 aliphatic heterocycles. The standard InChI is InChI=1S/C33H29N7O3/c41-32-29(31-36-24-6-1-2-7-25(24)37-31)30(35-27-17-39-11-8-19(27)9-12-39)23-15-22(20-4-3-5-21(14-20)33(42)43)28(16-26(23)38-32)40-13-10-34-18-40/h1-7,10,13-16,18-19,27H,8-9,11-12,17H2,(H,36,37)(H,42,43)(H2,35,38,41)/t27-/m1/s1. The molecule has 0 saturated carbocycles. The van der Waals surface area contributed by atoms with Gasteiger partial charge in [0.05, 0.1) is 39.8 Å². The molecule has 3 aliphatic rings. The summed E-state index contributed by atoms with van der Waals surface area (Å²) in [6.45, 7) is 3.13. The minimum atomic E-state index is -0.993. The van der Waals surface area contributed by atoms with Crippen LogP contribution in [0.25, 0.3) is 50.1 Å². The van der Waals surface area contributed by atoms with Crippen LogP contribution in [-0.2, 0) is 0 Å². The van der Waals surface area contributed by atoms with E-state index in [1.807, 2.05) is 53.2 Å². The molecule has 2 bridgehead atoms. The number of hydrogen-bond acceptors (Lipinski definition) is 6. The van der Waals surface area contributed by atoms with Gasteiger partial charge in [0.1, 0.15) is 11.4 Å². The van der Waals surface area contributed by atoms with Crippen molar-refractivity contribution in [3.05, 3.63) is 95.3 Å². The maximum absolute atomic E-state index is 14.0. The van der Waals surface area contributed by atoms with Gasteiger partial charge < -0.3 is 29.9 Å². The lowest BCUT2D eigenvalue weighted by Gasteiger charge is -2.45. The highest BCUT2D eigenvalue weighted by molar-refractivity contribution is 6.03. The van der Waals surface area contributed by atoms with Crippen LogP contribution in [0, 0.1) is 5.92 Å². The van der Waals surface area contributed by atoms with Crippen molar-refractivity contribution < 1.29 is 9.90 Å².